The van der Waals surface area contributed by atoms with Crippen molar-refractivity contribution in [2.45, 2.75) is 12.6 Å². The molecule has 0 radical (unpaired) electrons. The quantitative estimate of drug-likeness (QED) is 0.814. The lowest BCUT2D eigenvalue weighted by Crippen LogP contribution is -2.28. The number of benzene rings is 2. The van der Waals surface area contributed by atoms with E-state index in [4.69, 9.17) is 0 Å². The Labute approximate surface area is 150 Å². The maximum Gasteiger partial charge on any atom is 0.416 e. The number of nitrogens with one attached hydrogen (secondary N) is 1. The minimum Gasteiger partial charge on any atom is -0.321 e. The molecular formula is C18H13F5N2O2. The first-order valence-electron chi connectivity index (χ1n) is 7.89. The van der Waals surface area contributed by atoms with Gasteiger partial charge in [0, 0.05) is 18.7 Å². The Kier molecular flexibility index (Phi) is 4.86. The summed E-state index contributed by atoms with van der Waals surface area (Å²) in [6, 6.07) is 7.23. The van der Waals surface area contributed by atoms with Crippen LogP contribution in [0.2, 0.25) is 0 Å². The maximum atomic E-state index is 13.6. The lowest BCUT2D eigenvalue weighted by molar-refractivity contribution is -0.137. The molecule has 1 aliphatic heterocycles. The van der Waals surface area contributed by atoms with E-state index >= 15 is 0 Å². The number of nitrogens with zero attached hydrogens (tertiary/aromatic N) is 1. The lowest BCUT2D eigenvalue weighted by atomic mass is 10.1. The van der Waals surface area contributed by atoms with Crippen LogP contribution in [0, 0.1) is 17.6 Å². The first-order valence-corrected chi connectivity index (χ1v) is 7.89. The first-order chi connectivity index (χ1) is 12.7. The highest BCUT2D eigenvalue weighted by Crippen LogP contribution is 2.33. The predicted octanol–water partition coefficient (Wildman–Crippen LogP) is 3.98. The van der Waals surface area contributed by atoms with Gasteiger partial charge < -0.3 is 10.2 Å². The van der Waals surface area contributed by atoms with E-state index < -0.39 is 46.8 Å². The zero-order valence-corrected chi connectivity index (χ0v) is 13.7. The summed E-state index contributed by atoms with van der Waals surface area (Å²) in [4.78, 5) is 25.5. The van der Waals surface area contributed by atoms with E-state index in [0.29, 0.717) is 0 Å². The van der Waals surface area contributed by atoms with Crippen molar-refractivity contribution in [3.05, 3.63) is 59.7 Å². The molecule has 1 unspecified atom stereocenters. The van der Waals surface area contributed by atoms with E-state index in [9.17, 15) is 31.5 Å². The molecule has 2 aromatic rings. The van der Waals surface area contributed by atoms with Gasteiger partial charge in [0.2, 0.25) is 11.8 Å². The van der Waals surface area contributed by atoms with E-state index in [1.54, 1.807) is 0 Å². The Bertz CT molecular complexity index is 877. The van der Waals surface area contributed by atoms with Crippen LogP contribution in [-0.2, 0) is 15.8 Å². The summed E-state index contributed by atoms with van der Waals surface area (Å²) in [6.07, 6.45) is -4.85. The highest BCUT2D eigenvalue weighted by atomic mass is 19.4. The van der Waals surface area contributed by atoms with E-state index in [0.717, 1.165) is 41.3 Å². The molecule has 1 N–H and O–H groups in total. The minimum atomic E-state index is -4.57. The molecule has 27 heavy (non-hydrogen) atoms. The topological polar surface area (TPSA) is 49.4 Å². The fourth-order valence-electron chi connectivity index (χ4n) is 2.83. The average molecular weight is 384 g/mol. The van der Waals surface area contributed by atoms with Gasteiger partial charge in [0.05, 0.1) is 11.5 Å². The smallest absolute Gasteiger partial charge is 0.321 e. The molecule has 2 aromatic carbocycles. The molecule has 9 heteroatoms. The van der Waals surface area contributed by atoms with Crippen LogP contribution in [0.25, 0.3) is 0 Å². The van der Waals surface area contributed by atoms with Crippen LogP contribution in [0.1, 0.15) is 12.0 Å². The van der Waals surface area contributed by atoms with Gasteiger partial charge >= 0.3 is 6.18 Å². The summed E-state index contributed by atoms with van der Waals surface area (Å²) in [6.45, 7) is -0.192. The number of para-hydroxylation sites is 1. The second-order valence-corrected chi connectivity index (χ2v) is 6.04. The van der Waals surface area contributed by atoms with E-state index in [2.05, 4.69) is 5.32 Å². The van der Waals surface area contributed by atoms with E-state index in [1.807, 2.05) is 0 Å². The van der Waals surface area contributed by atoms with Crippen molar-refractivity contribution < 1.29 is 31.5 Å². The van der Waals surface area contributed by atoms with Crippen LogP contribution >= 0.6 is 0 Å². The van der Waals surface area contributed by atoms with Crippen molar-refractivity contribution in [2.24, 2.45) is 5.92 Å². The van der Waals surface area contributed by atoms with Crippen molar-refractivity contribution in [1.29, 1.82) is 0 Å². The maximum absolute atomic E-state index is 13.6. The Morgan fingerprint density at radius 1 is 1.07 bits per heavy atom. The van der Waals surface area contributed by atoms with E-state index in [1.165, 1.54) is 6.07 Å². The molecular weight excluding hydrogens is 371 g/mol. The third-order valence-electron chi connectivity index (χ3n) is 4.19. The van der Waals surface area contributed by atoms with Gasteiger partial charge in [0.25, 0.3) is 0 Å². The van der Waals surface area contributed by atoms with Crippen LogP contribution in [0.15, 0.2) is 42.5 Å². The molecule has 0 bridgehead atoms. The van der Waals surface area contributed by atoms with Gasteiger partial charge in [0.15, 0.2) is 0 Å². The van der Waals surface area contributed by atoms with Gasteiger partial charge in [-0.25, -0.2) is 8.78 Å². The molecule has 1 heterocycles. The summed E-state index contributed by atoms with van der Waals surface area (Å²) >= 11 is 0. The van der Waals surface area contributed by atoms with Gasteiger partial charge in [0.1, 0.15) is 17.3 Å². The van der Waals surface area contributed by atoms with Crippen LogP contribution in [-0.4, -0.2) is 18.4 Å². The van der Waals surface area contributed by atoms with Crippen molar-refractivity contribution in [3.63, 3.8) is 0 Å². The summed E-state index contributed by atoms with van der Waals surface area (Å²) < 4.78 is 65.8. The summed E-state index contributed by atoms with van der Waals surface area (Å²) in [7, 11) is 0. The zero-order chi connectivity index (χ0) is 19.8. The largest absolute Gasteiger partial charge is 0.416 e. The number of carbonyl (C=O) groups excluding carboxylic acids is 2. The number of amides is 2. The van der Waals surface area contributed by atoms with Crippen LogP contribution < -0.4 is 10.2 Å². The lowest BCUT2D eigenvalue weighted by Gasteiger charge is -2.18. The van der Waals surface area contributed by atoms with Crippen LogP contribution in [0.5, 0.6) is 0 Å². The fraction of sp³-hybridized carbons (Fsp3) is 0.222. The Balaban J connectivity index is 1.77. The standard InChI is InChI=1S/C18H13F5N2O2/c19-13-5-2-6-14(20)16(13)24-17(27)10-7-15(26)25(9-10)12-4-1-3-11(8-12)18(21,22)23/h1-6,8,10H,7,9H2,(H,24,27). The molecule has 1 saturated heterocycles. The third kappa shape index (κ3) is 3.91. The molecule has 3 rings (SSSR count). The SMILES string of the molecule is O=C(Nc1c(F)cccc1F)C1CC(=O)N(c2cccc(C(F)(F)F)c2)C1. The molecule has 1 fully saturated rings. The summed E-state index contributed by atoms with van der Waals surface area (Å²) in [5.41, 5.74) is -1.55. The van der Waals surface area contributed by atoms with E-state index in [-0.39, 0.29) is 18.7 Å². The Morgan fingerprint density at radius 3 is 2.33 bits per heavy atom. The highest BCUT2D eigenvalue weighted by Gasteiger charge is 2.37. The van der Waals surface area contributed by atoms with Gasteiger partial charge in [-0.1, -0.05) is 12.1 Å². The van der Waals surface area contributed by atoms with Gasteiger partial charge in [-0.15, -0.1) is 0 Å². The minimum absolute atomic E-state index is 0.00203. The van der Waals surface area contributed by atoms with Crippen molar-refractivity contribution >= 4 is 23.2 Å². The van der Waals surface area contributed by atoms with Crippen LogP contribution in [0.3, 0.4) is 0 Å². The number of hydrogen-bond acceptors (Lipinski definition) is 2. The number of hydrogen-bond donors (Lipinski definition) is 1. The molecule has 0 aromatic heterocycles. The summed E-state index contributed by atoms with van der Waals surface area (Å²) in [5, 5.41) is 2.10. The van der Waals surface area contributed by atoms with Gasteiger partial charge in [-0.2, -0.15) is 13.2 Å². The first kappa shape index (κ1) is 18.8. The number of halogens is 5. The molecule has 142 valence electrons. The highest BCUT2D eigenvalue weighted by molar-refractivity contribution is 6.03. The van der Waals surface area contributed by atoms with Crippen LogP contribution in [0.4, 0.5) is 33.3 Å². The Hall–Kier alpha value is -2.97. The third-order valence-corrected chi connectivity index (χ3v) is 4.19. The molecule has 1 atom stereocenters. The number of carbonyl (C=O) groups is 2. The zero-order valence-electron chi connectivity index (χ0n) is 13.7. The summed E-state index contributed by atoms with van der Waals surface area (Å²) in [5.74, 6) is -4.24. The second kappa shape index (κ2) is 6.98. The molecule has 2 amide bonds. The molecule has 0 spiro atoms. The number of alkyl halides is 3. The Morgan fingerprint density at radius 2 is 1.70 bits per heavy atom. The number of anilines is 2. The fourth-order valence-corrected chi connectivity index (χ4v) is 2.83. The second-order valence-electron chi connectivity index (χ2n) is 6.04. The monoisotopic (exact) mass is 384 g/mol. The average Bonchev–Trinajstić information content (AvgIpc) is 2.99. The van der Waals surface area contributed by atoms with Crippen molar-refractivity contribution in [1.82, 2.24) is 0 Å². The van der Waals surface area contributed by atoms with Gasteiger partial charge in [-0.3, -0.25) is 9.59 Å². The predicted molar refractivity (Wildman–Crippen MR) is 86.9 cm³/mol. The molecule has 0 aliphatic carbocycles. The molecule has 0 saturated carbocycles. The van der Waals surface area contributed by atoms with Crippen molar-refractivity contribution in [2.75, 3.05) is 16.8 Å². The molecule has 1 aliphatic rings. The molecule has 4 nitrogen and oxygen atoms in total. The number of rotatable bonds is 3. The van der Waals surface area contributed by atoms with Crippen molar-refractivity contribution in [3.8, 4) is 0 Å². The van der Waals surface area contributed by atoms with Gasteiger partial charge in [-0.05, 0) is 30.3 Å². The normalized spacial score (nSPS) is 17.3.